The van der Waals surface area contributed by atoms with E-state index in [1.165, 1.54) is 7.11 Å². The van der Waals surface area contributed by atoms with Crippen molar-refractivity contribution in [2.24, 2.45) is 0 Å². The molecular formula is C17H20ClN3O3. The molecule has 1 aromatic carbocycles. The molecule has 6 nitrogen and oxygen atoms in total. The van der Waals surface area contributed by atoms with Gasteiger partial charge in [-0.05, 0) is 43.6 Å². The molecule has 0 aromatic heterocycles. The normalized spacial score (nSPS) is 21.4. The number of ether oxygens (including phenoxy) is 1. The Kier molecular flexibility index (Phi) is 5.06. The number of halogens is 1. The van der Waals surface area contributed by atoms with Crippen LogP contribution in [0.2, 0.25) is 5.02 Å². The Morgan fingerprint density at radius 1 is 1.29 bits per heavy atom. The standard InChI is InChI=1S/C17H20ClN3O3/c1-24-16(22)14-13(10-21-8-2-3-9-21)19-17(23)20-15(14)11-4-6-12(18)7-5-11/h4-7,15H,2-3,8-10H2,1H3,(H2,19,20,23)/t15-/m0/s1. The smallest absolute Gasteiger partial charge is 0.338 e. The number of esters is 1. The minimum atomic E-state index is -0.555. The minimum Gasteiger partial charge on any atom is -0.466 e. The molecule has 0 unspecified atom stereocenters. The molecule has 1 aromatic rings. The number of rotatable bonds is 4. The first-order chi connectivity index (χ1) is 11.6. The van der Waals surface area contributed by atoms with Crippen LogP contribution < -0.4 is 10.6 Å². The van der Waals surface area contributed by atoms with Crippen molar-refractivity contribution in [3.8, 4) is 0 Å². The van der Waals surface area contributed by atoms with Gasteiger partial charge in [-0.3, -0.25) is 4.90 Å². The van der Waals surface area contributed by atoms with Crippen molar-refractivity contribution in [1.82, 2.24) is 15.5 Å². The first kappa shape index (κ1) is 16.8. The molecule has 1 atom stereocenters. The average Bonchev–Trinajstić information content (AvgIpc) is 3.07. The van der Waals surface area contributed by atoms with E-state index < -0.39 is 12.0 Å². The highest BCUT2D eigenvalue weighted by molar-refractivity contribution is 6.30. The van der Waals surface area contributed by atoms with Gasteiger partial charge in [-0.1, -0.05) is 23.7 Å². The highest BCUT2D eigenvalue weighted by Crippen LogP contribution is 2.29. The predicted octanol–water partition coefficient (Wildman–Crippen LogP) is 2.22. The molecule has 128 valence electrons. The summed E-state index contributed by atoms with van der Waals surface area (Å²) < 4.78 is 4.96. The number of amides is 2. The van der Waals surface area contributed by atoms with Gasteiger partial charge in [0.1, 0.15) is 0 Å². The maximum absolute atomic E-state index is 12.4. The molecule has 2 aliphatic rings. The van der Waals surface area contributed by atoms with Crippen molar-refractivity contribution in [2.75, 3.05) is 26.7 Å². The summed E-state index contributed by atoms with van der Waals surface area (Å²) in [6.07, 6.45) is 2.27. The van der Waals surface area contributed by atoms with E-state index in [1.54, 1.807) is 24.3 Å². The summed E-state index contributed by atoms with van der Waals surface area (Å²) in [6, 6.07) is 6.20. The Bertz CT molecular complexity index is 666. The summed E-state index contributed by atoms with van der Waals surface area (Å²) in [5.41, 5.74) is 1.83. The number of methoxy groups -OCH3 is 1. The summed E-state index contributed by atoms with van der Waals surface area (Å²) in [6.45, 7) is 2.46. The monoisotopic (exact) mass is 349 g/mol. The highest BCUT2D eigenvalue weighted by Gasteiger charge is 2.34. The fourth-order valence-corrected chi connectivity index (χ4v) is 3.29. The van der Waals surface area contributed by atoms with E-state index in [-0.39, 0.29) is 6.03 Å². The SMILES string of the molecule is COC(=O)C1=C(CN2CCCC2)NC(=O)N[C@H]1c1ccc(Cl)cc1. The predicted molar refractivity (Wildman–Crippen MR) is 90.6 cm³/mol. The van der Waals surface area contributed by atoms with Gasteiger partial charge in [0.25, 0.3) is 0 Å². The van der Waals surface area contributed by atoms with Crippen LogP contribution in [0.25, 0.3) is 0 Å². The minimum absolute atomic E-state index is 0.322. The third-order valence-corrected chi connectivity index (χ3v) is 4.59. The van der Waals surface area contributed by atoms with Crippen molar-refractivity contribution < 1.29 is 14.3 Å². The quantitative estimate of drug-likeness (QED) is 0.818. The molecule has 1 fully saturated rings. The molecule has 24 heavy (non-hydrogen) atoms. The van der Waals surface area contributed by atoms with E-state index in [2.05, 4.69) is 15.5 Å². The first-order valence-electron chi connectivity index (χ1n) is 7.95. The summed E-state index contributed by atoms with van der Waals surface area (Å²) in [7, 11) is 1.35. The molecular weight excluding hydrogens is 330 g/mol. The number of benzene rings is 1. The molecule has 3 rings (SSSR count). The van der Waals surface area contributed by atoms with Gasteiger partial charge in [0.15, 0.2) is 0 Å². The zero-order valence-electron chi connectivity index (χ0n) is 13.5. The van der Waals surface area contributed by atoms with Gasteiger partial charge in [-0.25, -0.2) is 9.59 Å². The van der Waals surface area contributed by atoms with Crippen LogP contribution in [0.4, 0.5) is 4.79 Å². The maximum Gasteiger partial charge on any atom is 0.338 e. The lowest BCUT2D eigenvalue weighted by Crippen LogP contribution is -2.48. The molecule has 2 amide bonds. The second-order valence-corrected chi connectivity index (χ2v) is 6.39. The fraction of sp³-hybridized carbons (Fsp3) is 0.412. The Labute approximate surface area is 145 Å². The zero-order valence-corrected chi connectivity index (χ0v) is 14.2. The van der Waals surface area contributed by atoms with E-state index in [9.17, 15) is 9.59 Å². The van der Waals surface area contributed by atoms with Crippen molar-refractivity contribution in [1.29, 1.82) is 0 Å². The van der Waals surface area contributed by atoms with E-state index >= 15 is 0 Å². The van der Waals surface area contributed by atoms with Gasteiger partial charge in [-0.15, -0.1) is 0 Å². The van der Waals surface area contributed by atoms with E-state index in [0.29, 0.717) is 22.8 Å². The second-order valence-electron chi connectivity index (χ2n) is 5.95. The lowest BCUT2D eigenvalue weighted by Gasteiger charge is -2.30. The Balaban J connectivity index is 1.99. The van der Waals surface area contributed by atoms with Crippen LogP contribution in [-0.2, 0) is 9.53 Å². The second kappa shape index (κ2) is 7.23. The Morgan fingerprint density at radius 3 is 2.58 bits per heavy atom. The van der Waals surface area contributed by atoms with Crippen LogP contribution in [0.15, 0.2) is 35.5 Å². The van der Waals surface area contributed by atoms with Crippen molar-refractivity contribution in [3.05, 3.63) is 46.1 Å². The van der Waals surface area contributed by atoms with Gasteiger partial charge in [-0.2, -0.15) is 0 Å². The number of carbonyl (C=O) groups excluding carboxylic acids is 2. The molecule has 0 saturated carbocycles. The van der Waals surface area contributed by atoms with E-state index in [1.807, 2.05) is 0 Å². The van der Waals surface area contributed by atoms with Gasteiger partial charge in [0, 0.05) is 17.3 Å². The number of likely N-dealkylation sites (tertiary alicyclic amines) is 1. The van der Waals surface area contributed by atoms with Crippen molar-refractivity contribution in [2.45, 2.75) is 18.9 Å². The lowest BCUT2D eigenvalue weighted by atomic mass is 9.95. The van der Waals surface area contributed by atoms with Crippen LogP contribution >= 0.6 is 11.6 Å². The summed E-state index contributed by atoms with van der Waals surface area (Å²) in [5.74, 6) is -0.448. The van der Waals surface area contributed by atoms with Gasteiger partial charge < -0.3 is 15.4 Å². The maximum atomic E-state index is 12.4. The summed E-state index contributed by atoms with van der Waals surface area (Å²) >= 11 is 5.94. The largest absolute Gasteiger partial charge is 0.466 e. The molecule has 1 saturated heterocycles. The Hall–Kier alpha value is -2.05. The first-order valence-corrected chi connectivity index (χ1v) is 8.33. The van der Waals surface area contributed by atoms with E-state index in [0.717, 1.165) is 31.5 Å². The van der Waals surface area contributed by atoms with Gasteiger partial charge >= 0.3 is 12.0 Å². The number of carbonyl (C=O) groups is 2. The molecule has 7 heteroatoms. The van der Waals surface area contributed by atoms with Gasteiger partial charge in [0.05, 0.1) is 18.7 Å². The highest BCUT2D eigenvalue weighted by atomic mass is 35.5. The lowest BCUT2D eigenvalue weighted by molar-refractivity contribution is -0.136. The zero-order chi connectivity index (χ0) is 17.1. The number of hydrogen-bond donors (Lipinski definition) is 2. The fourth-order valence-electron chi connectivity index (χ4n) is 3.16. The van der Waals surface area contributed by atoms with Crippen LogP contribution in [0.3, 0.4) is 0 Å². The summed E-state index contributed by atoms with van der Waals surface area (Å²) in [4.78, 5) is 26.7. The molecule has 0 aliphatic carbocycles. The topological polar surface area (TPSA) is 70.7 Å². The molecule has 2 N–H and O–H groups in total. The molecule has 0 bridgehead atoms. The molecule has 0 radical (unpaired) electrons. The third-order valence-electron chi connectivity index (χ3n) is 4.34. The van der Waals surface area contributed by atoms with Crippen LogP contribution in [0.1, 0.15) is 24.4 Å². The average molecular weight is 350 g/mol. The Morgan fingerprint density at radius 2 is 1.96 bits per heavy atom. The van der Waals surface area contributed by atoms with Crippen LogP contribution in [-0.4, -0.2) is 43.6 Å². The molecule has 0 spiro atoms. The van der Waals surface area contributed by atoms with Gasteiger partial charge in [0.2, 0.25) is 0 Å². The van der Waals surface area contributed by atoms with Crippen molar-refractivity contribution in [3.63, 3.8) is 0 Å². The van der Waals surface area contributed by atoms with E-state index in [4.69, 9.17) is 16.3 Å². The molecule has 2 aliphatic heterocycles. The molecule has 2 heterocycles. The van der Waals surface area contributed by atoms with Crippen molar-refractivity contribution >= 4 is 23.6 Å². The number of nitrogens with zero attached hydrogens (tertiary/aromatic N) is 1. The van der Waals surface area contributed by atoms with Crippen LogP contribution in [0.5, 0.6) is 0 Å². The number of nitrogens with one attached hydrogen (secondary N) is 2. The third kappa shape index (κ3) is 3.55. The number of urea groups is 1. The number of hydrogen-bond acceptors (Lipinski definition) is 4. The summed E-state index contributed by atoms with van der Waals surface area (Å²) in [5, 5.41) is 6.18. The van der Waals surface area contributed by atoms with Crippen LogP contribution in [0, 0.1) is 0 Å².